The van der Waals surface area contributed by atoms with Crippen molar-refractivity contribution in [2.45, 2.75) is 18.9 Å². The Kier molecular flexibility index (Phi) is 5.08. The third-order valence-electron chi connectivity index (χ3n) is 2.06. The van der Waals surface area contributed by atoms with Gasteiger partial charge in [-0.05, 0) is 37.1 Å². The van der Waals surface area contributed by atoms with E-state index in [2.05, 4.69) is 0 Å². The van der Waals surface area contributed by atoms with E-state index < -0.39 is 12.0 Å². The molecule has 0 heterocycles. The average molecular weight is 244 g/mol. The maximum Gasteiger partial charge on any atom is 0.320 e. The van der Waals surface area contributed by atoms with Crippen molar-refractivity contribution in [1.29, 1.82) is 0 Å². The Hall–Kier alpha value is -1.26. The highest BCUT2D eigenvalue weighted by Crippen LogP contribution is 2.15. The summed E-state index contributed by atoms with van der Waals surface area (Å²) in [4.78, 5) is 10.4. The average Bonchev–Trinajstić information content (AvgIpc) is 2.26. The van der Waals surface area contributed by atoms with E-state index in [4.69, 9.17) is 27.2 Å². The van der Waals surface area contributed by atoms with Gasteiger partial charge in [0.15, 0.2) is 0 Å². The Morgan fingerprint density at radius 1 is 1.44 bits per heavy atom. The van der Waals surface area contributed by atoms with Gasteiger partial charge in [0.25, 0.3) is 0 Å². The molecule has 3 N–H and O–H groups in total. The number of benzene rings is 1. The minimum atomic E-state index is -0.980. The first-order valence-electron chi connectivity index (χ1n) is 4.96. The molecular weight excluding hydrogens is 230 g/mol. The molecule has 0 saturated heterocycles. The number of nitrogens with two attached hydrogens (primary N) is 1. The third-order valence-corrected chi connectivity index (χ3v) is 2.31. The zero-order chi connectivity index (χ0) is 12.0. The van der Waals surface area contributed by atoms with Crippen LogP contribution in [-0.2, 0) is 4.79 Å². The van der Waals surface area contributed by atoms with Crippen LogP contribution in [0, 0.1) is 0 Å². The second-order valence-electron chi connectivity index (χ2n) is 3.39. The predicted molar refractivity (Wildman–Crippen MR) is 61.8 cm³/mol. The molecule has 0 unspecified atom stereocenters. The van der Waals surface area contributed by atoms with Crippen molar-refractivity contribution in [2.24, 2.45) is 5.73 Å². The molecule has 16 heavy (non-hydrogen) atoms. The van der Waals surface area contributed by atoms with Gasteiger partial charge in [0, 0.05) is 5.02 Å². The second-order valence-corrected chi connectivity index (χ2v) is 3.83. The molecule has 0 aliphatic heterocycles. The van der Waals surface area contributed by atoms with Gasteiger partial charge < -0.3 is 15.6 Å². The number of carbonyl (C=O) groups is 1. The molecule has 1 rings (SSSR count). The summed E-state index contributed by atoms with van der Waals surface area (Å²) in [5, 5.41) is 9.20. The third kappa shape index (κ3) is 4.51. The van der Waals surface area contributed by atoms with Gasteiger partial charge in [0.2, 0.25) is 0 Å². The van der Waals surface area contributed by atoms with Crippen LogP contribution in [0.15, 0.2) is 24.3 Å². The zero-order valence-electron chi connectivity index (χ0n) is 8.73. The first kappa shape index (κ1) is 12.8. The first-order valence-corrected chi connectivity index (χ1v) is 5.34. The van der Waals surface area contributed by atoms with Crippen LogP contribution in [-0.4, -0.2) is 23.7 Å². The minimum absolute atomic E-state index is 0.406. The molecule has 0 aliphatic rings. The molecule has 0 fully saturated rings. The maximum atomic E-state index is 10.4. The lowest BCUT2D eigenvalue weighted by Gasteiger charge is -2.08. The normalized spacial score (nSPS) is 12.1. The Morgan fingerprint density at radius 2 is 2.06 bits per heavy atom. The van der Waals surface area contributed by atoms with Crippen molar-refractivity contribution >= 4 is 17.6 Å². The molecular formula is C11H14ClNO3. The summed E-state index contributed by atoms with van der Waals surface area (Å²) >= 11 is 5.71. The van der Waals surface area contributed by atoms with Crippen LogP contribution in [0.1, 0.15) is 12.8 Å². The Balaban J connectivity index is 2.21. The van der Waals surface area contributed by atoms with E-state index in [9.17, 15) is 4.79 Å². The number of hydrogen-bond donors (Lipinski definition) is 2. The molecule has 0 radical (unpaired) electrons. The molecule has 0 bridgehead atoms. The van der Waals surface area contributed by atoms with Crippen LogP contribution in [0.3, 0.4) is 0 Å². The van der Waals surface area contributed by atoms with Gasteiger partial charge in [-0.15, -0.1) is 0 Å². The number of aliphatic carboxylic acids is 1. The number of carboxylic acid groups (broad SMARTS) is 1. The molecule has 0 aromatic heterocycles. The van der Waals surface area contributed by atoms with Gasteiger partial charge in [0.05, 0.1) is 6.61 Å². The highest BCUT2D eigenvalue weighted by atomic mass is 35.5. The lowest BCUT2D eigenvalue weighted by molar-refractivity contribution is -0.138. The summed E-state index contributed by atoms with van der Waals surface area (Å²) in [5.41, 5.74) is 5.34. The second kappa shape index (κ2) is 6.35. The summed E-state index contributed by atoms with van der Waals surface area (Å²) in [7, 11) is 0. The van der Waals surface area contributed by atoms with Crippen molar-refractivity contribution in [3.8, 4) is 5.75 Å². The lowest BCUT2D eigenvalue weighted by Crippen LogP contribution is -2.30. The van der Waals surface area contributed by atoms with E-state index in [1.165, 1.54) is 0 Å². The molecule has 1 aromatic rings. The molecule has 5 heteroatoms. The Morgan fingerprint density at radius 3 is 2.62 bits per heavy atom. The Bertz CT molecular complexity index is 340. The summed E-state index contributed by atoms with van der Waals surface area (Å²) in [6, 6.07) is 6.19. The van der Waals surface area contributed by atoms with Gasteiger partial charge in [-0.1, -0.05) is 11.6 Å². The maximum absolute atomic E-state index is 10.4. The molecule has 0 amide bonds. The zero-order valence-corrected chi connectivity index (χ0v) is 9.48. The van der Waals surface area contributed by atoms with Gasteiger partial charge in [-0.2, -0.15) is 0 Å². The fourth-order valence-electron chi connectivity index (χ4n) is 1.15. The van der Waals surface area contributed by atoms with Gasteiger partial charge in [-0.25, -0.2) is 0 Å². The highest BCUT2D eigenvalue weighted by Gasteiger charge is 2.10. The highest BCUT2D eigenvalue weighted by molar-refractivity contribution is 6.30. The summed E-state index contributed by atoms with van der Waals surface area (Å²) < 4.78 is 5.38. The van der Waals surface area contributed by atoms with E-state index >= 15 is 0 Å². The summed E-state index contributed by atoms with van der Waals surface area (Å²) in [5.74, 6) is -0.264. The van der Waals surface area contributed by atoms with Crippen LogP contribution in [0.5, 0.6) is 5.75 Å². The predicted octanol–water partition coefficient (Wildman–Crippen LogP) is 1.91. The van der Waals surface area contributed by atoms with E-state index in [0.717, 1.165) is 0 Å². The Labute approximate surface area is 99.0 Å². The van der Waals surface area contributed by atoms with Crippen molar-refractivity contribution in [3.05, 3.63) is 29.3 Å². The minimum Gasteiger partial charge on any atom is -0.494 e. The molecule has 0 aliphatic carbocycles. The number of carboxylic acids is 1. The number of ether oxygens (including phenoxy) is 1. The molecule has 4 nitrogen and oxygen atoms in total. The van der Waals surface area contributed by atoms with Crippen LogP contribution in [0.4, 0.5) is 0 Å². The van der Waals surface area contributed by atoms with Crippen molar-refractivity contribution in [2.75, 3.05) is 6.61 Å². The standard InChI is InChI=1S/C11H14ClNO3/c12-8-3-5-9(6-4-8)16-7-1-2-10(13)11(14)15/h3-6,10H,1-2,7,13H2,(H,14,15)/t10-/m0/s1. The van der Waals surface area contributed by atoms with E-state index in [1.807, 2.05) is 0 Å². The number of hydrogen-bond acceptors (Lipinski definition) is 3. The molecule has 1 aromatic carbocycles. The SMILES string of the molecule is N[C@@H](CCCOc1ccc(Cl)cc1)C(=O)O. The van der Waals surface area contributed by atoms with Crippen molar-refractivity contribution in [1.82, 2.24) is 0 Å². The van der Waals surface area contributed by atoms with Gasteiger partial charge >= 0.3 is 5.97 Å². The molecule has 88 valence electrons. The van der Waals surface area contributed by atoms with Gasteiger partial charge in [0.1, 0.15) is 11.8 Å². The smallest absolute Gasteiger partial charge is 0.320 e. The van der Waals surface area contributed by atoms with E-state index in [-0.39, 0.29) is 0 Å². The summed E-state index contributed by atoms with van der Waals surface area (Å²) in [6.07, 6.45) is 1.01. The quantitative estimate of drug-likeness (QED) is 0.749. The topological polar surface area (TPSA) is 72.5 Å². The van der Waals surface area contributed by atoms with Gasteiger partial charge in [-0.3, -0.25) is 4.79 Å². The number of rotatable bonds is 6. The first-order chi connectivity index (χ1) is 7.59. The number of halogens is 1. The molecule has 1 atom stereocenters. The lowest BCUT2D eigenvalue weighted by atomic mass is 10.2. The fourth-order valence-corrected chi connectivity index (χ4v) is 1.27. The summed E-state index contributed by atoms with van der Waals surface area (Å²) in [6.45, 7) is 0.447. The van der Waals surface area contributed by atoms with Crippen LogP contribution in [0.2, 0.25) is 5.02 Å². The van der Waals surface area contributed by atoms with Crippen LogP contribution < -0.4 is 10.5 Å². The monoisotopic (exact) mass is 243 g/mol. The van der Waals surface area contributed by atoms with Crippen LogP contribution in [0.25, 0.3) is 0 Å². The molecule has 0 saturated carbocycles. The van der Waals surface area contributed by atoms with Crippen LogP contribution >= 0.6 is 11.6 Å². The molecule has 0 spiro atoms. The van der Waals surface area contributed by atoms with E-state index in [1.54, 1.807) is 24.3 Å². The fraction of sp³-hybridized carbons (Fsp3) is 0.364. The van der Waals surface area contributed by atoms with E-state index in [0.29, 0.717) is 30.2 Å². The largest absolute Gasteiger partial charge is 0.494 e. The van der Waals surface area contributed by atoms with Crippen molar-refractivity contribution in [3.63, 3.8) is 0 Å². The van der Waals surface area contributed by atoms with Crippen molar-refractivity contribution < 1.29 is 14.6 Å².